The van der Waals surface area contributed by atoms with Crippen molar-refractivity contribution in [2.75, 3.05) is 31.2 Å². The van der Waals surface area contributed by atoms with Gasteiger partial charge in [-0.15, -0.1) is 0 Å². The van der Waals surface area contributed by atoms with Crippen LogP contribution in [0.15, 0.2) is 24.3 Å². The van der Waals surface area contributed by atoms with Crippen molar-refractivity contribution in [2.24, 2.45) is 0 Å². The van der Waals surface area contributed by atoms with Crippen LogP contribution in [0, 0.1) is 0 Å². The van der Waals surface area contributed by atoms with E-state index in [1.54, 1.807) is 0 Å². The van der Waals surface area contributed by atoms with Crippen LogP contribution in [0.5, 0.6) is 0 Å². The first-order valence-electron chi connectivity index (χ1n) is 7.58. The van der Waals surface area contributed by atoms with Gasteiger partial charge in [-0.3, -0.25) is 0 Å². The third kappa shape index (κ3) is 4.38. The summed E-state index contributed by atoms with van der Waals surface area (Å²) in [5.41, 5.74) is 2.08. The van der Waals surface area contributed by atoms with Gasteiger partial charge in [0.2, 0.25) is 0 Å². The summed E-state index contributed by atoms with van der Waals surface area (Å²) in [5, 5.41) is 6.78. The number of hydrogen-bond donors (Lipinski definition) is 2. The Morgan fingerprint density at radius 1 is 1.43 bits per heavy atom. The minimum Gasteiger partial charge on any atom is -0.323 e. The first kappa shape index (κ1) is 16.2. The van der Waals surface area contributed by atoms with E-state index in [1.165, 1.54) is 5.56 Å². The number of anilines is 1. The summed E-state index contributed by atoms with van der Waals surface area (Å²) in [5.74, 6) is 1.03. The molecule has 1 heterocycles. The fourth-order valence-corrected chi connectivity index (χ4v) is 3.56. The topological polar surface area (TPSA) is 44.4 Å². The largest absolute Gasteiger partial charge is 0.323 e. The summed E-state index contributed by atoms with van der Waals surface area (Å²) in [6.45, 7) is 5.98. The number of carbonyl (C=O) groups excluding carboxylic acids is 1. The number of nitrogens with zero attached hydrogens (tertiary/aromatic N) is 1. The molecule has 116 valence electrons. The summed E-state index contributed by atoms with van der Waals surface area (Å²) in [6, 6.07) is 8.38. The number of nitrogens with one attached hydrogen (secondary N) is 2. The maximum absolute atomic E-state index is 12.3. The Bertz CT molecular complexity index is 463. The molecule has 0 saturated carbocycles. The third-order valence-electron chi connectivity index (χ3n) is 3.98. The van der Waals surface area contributed by atoms with Crippen LogP contribution in [0.25, 0.3) is 0 Å². The van der Waals surface area contributed by atoms with Gasteiger partial charge in [0, 0.05) is 35.8 Å². The number of benzene rings is 1. The molecule has 0 radical (unpaired) electrons. The molecular weight excluding hydrogens is 282 g/mol. The number of amides is 2. The lowest BCUT2D eigenvalue weighted by Gasteiger charge is -2.31. The Labute approximate surface area is 131 Å². The van der Waals surface area contributed by atoms with Crippen LogP contribution in [0.4, 0.5) is 10.5 Å². The molecule has 2 amide bonds. The van der Waals surface area contributed by atoms with Crippen molar-refractivity contribution in [2.45, 2.75) is 31.6 Å². The van der Waals surface area contributed by atoms with Crippen LogP contribution >= 0.6 is 11.8 Å². The lowest BCUT2D eigenvalue weighted by Crippen LogP contribution is -2.43. The smallest absolute Gasteiger partial charge is 0.321 e. The molecule has 0 bridgehead atoms. The van der Waals surface area contributed by atoms with Crippen molar-refractivity contribution in [3.8, 4) is 0 Å². The zero-order chi connectivity index (χ0) is 15.2. The van der Waals surface area contributed by atoms with E-state index in [0.29, 0.717) is 11.3 Å². The summed E-state index contributed by atoms with van der Waals surface area (Å²) >= 11 is 1.97. The van der Waals surface area contributed by atoms with Crippen LogP contribution in [0.3, 0.4) is 0 Å². The summed E-state index contributed by atoms with van der Waals surface area (Å²) < 4.78 is 0. The molecule has 2 unspecified atom stereocenters. The van der Waals surface area contributed by atoms with Gasteiger partial charge in [0.05, 0.1) is 0 Å². The fraction of sp³-hybridized carbons (Fsp3) is 0.562. The normalized spacial score (nSPS) is 20.1. The van der Waals surface area contributed by atoms with Gasteiger partial charge >= 0.3 is 6.03 Å². The quantitative estimate of drug-likeness (QED) is 0.897. The molecule has 0 aromatic heterocycles. The number of rotatable bonds is 4. The summed E-state index contributed by atoms with van der Waals surface area (Å²) in [4.78, 5) is 14.2. The molecule has 1 saturated heterocycles. The van der Waals surface area contributed by atoms with E-state index >= 15 is 0 Å². The van der Waals surface area contributed by atoms with Crippen molar-refractivity contribution >= 4 is 23.5 Å². The van der Waals surface area contributed by atoms with Gasteiger partial charge in [-0.2, -0.15) is 11.8 Å². The van der Waals surface area contributed by atoms with Gasteiger partial charge in [0.1, 0.15) is 0 Å². The molecular formula is C16H25N3OS. The average molecular weight is 307 g/mol. The maximum Gasteiger partial charge on any atom is 0.321 e. The van der Waals surface area contributed by atoms with Crippen molar-refractivity contribution in [1.82, 2.24) is 10.2 Å². The van der Waals surface area contributed by atoms with Gasteiger partial charge < -0.3 is 15.5 Å². The van der Waals surface area contributed by atoms with E-state index < -0.39 is 0 Å². The molecule has 1 fully saturated rings. The molecule has 1 aliphatic rings. The summed E-state index contributed by atoms with van der Waals surface area (Å²) in [7, 11) is 1.94. The highest BCUT2D eigenvalue weighted by molar-refractivity contribution is 8.00. The molecule has 5 heteroatoms. The second-order valence-corrected chi connectivity index (χ2v) is 6.82. The van der Waals surface area contributed by atoms with Crippen molar-refractivity contribution < 1.29 is 4.79 Å². The molecule has 0 spiro atoms. The Morgan fingerprint density at radius 3 is 2.76 bits per heavy atom. The highest BCUT2D eigenvalue weighted by Gasteiger charge is 2.22. The lowest BCUT2D eigenvalue weighted by atomic mass is 10.1. The molecule has 2 N–H and O–H groups in total. The minimum absolute atomic E-state index is 0.0168. The average Bonchev–Trinajstić information content (AvgIpc) is 2.54. The highest BCUT2D eigenvalue weighted by atomic mass is 32.2. The molecule has 1 aromatic carbocycles. The van der Waals surface area contributed by atoms with Crippen LogP contribution in [-0.2, 0) is 0 Å². The zero-order valence-electron chi connectivity index (χ0n) is 13.1. The number of thioether (sulfide) groups is 1. The van der Waals surface area contributed by atoms with Crippen molar-refractivity contribution in [3.63, 3.8) is 0 Å². The minimum atomic E-state index is 0.0168. The Balaban J connectivity index is 1.93. The predicted octanol–water partition coefficient (Wildman–Crippen LogP) is 3.33. The molecule has 21 heavy (non-hydrogen) atoms. The van der Waals surface area contributed by atoms with Crippen LogP contribution in [0.1, 0.15) is 31.9 Å². The third-order valence-corrected chi connectivity index (χ3v) is 5.35. The number of urea groups is 1. The Hall–Kier alpha value is -1.20. The van der Waals surface area contributed by atoms with Crippen LogP contribution < -0.4 is 10.6 Å². The van der Waals surface area contributed by atoms with E-state index in [0.717, 1.165) is 31.0 Å². The van der Waals surface area contributed by atoms with E-state index in [-0.39, 0.29) is 6.03 Å². The first-order chi connectivity index (χ1) is 10.1. The van der Waals surface area contributed by atoms with Crippen LogP contribution in [-0.4, -0.2) is 42.1 Å². The standard InChI is InChI=1S/C16H25N3OS/c1-4-15-11-19(9-10-21-15)16(20)18-14-7-5-13(6-8-14)12(2)17-3/h5-8,12,15,17H,4,9-11H2,1-3H3,(H,18,20). The number of hydrogen-bond acceptors (Lipinski definition) is 3. The lowest BCUT2D eigenvalue weighted by molar-refractivity contribution is 0.213. The molecule has 2 rings (SSSR count). The second kappa shape index (κ2) is 7.71. The van der Waals surface area contributed by atoms with Crippen molar-refractivity contribution in [1.29, 1.82) is 0 Å². The van der Waals surface area contributed by atoms with E-state index in [4.69, 9.17) is 0 Å². The maximum atomic E-state index is 12.3. The number of carbonyl (C=O) groups is 1. The first-order valence-corrected chi connectivity index (χ1v) is 8.63. The highest BCUT2D eigenvalue weighted by Crippen LogP contribution is 2.22. The van der Waals surface area contributed by atoms with Gasteiger partial charge in [-0.1, -0.05) is 19.1 Å². The predicted molar refractivity (Wildman–Crippen MR) is 91.0 cm³/mol. The monoisotopic (exact) mass is 307 g/mol. The van der Waals surface area contributed by atoms with E-state index in [1.807, 2.05) is 35.8 Å². The zero-order valence-corrected chi connectivity index (χ0v) is 13.9. The molecule has 2 atom stereocenters. The van der Waals surface area contributed by atoms with Gasteiger partial charge in [0.15, 0.2) is 0 Å². The molecule has 0 aliphatic carbocycles. The van der Waals surface area contributed by atoms with Gasteiger partial charge in [-0.25, -0.2) is 4.79 Å². The second-order valence-electron chi connectivity index (χ2n) is 5.41. The van der Waals surface area contributed by atoms with Gasteiger partial charge in [0.25, 0.3) is 0 Å². The molecule has 1 aliphatic heterocycles. The molecule has 4 nitrogen and oxygen atoms in total. The van der Waals surface area contributed by atoms with E-state index in [2.05, 4.69) is 36.6 Å². The SMILES string of the molecule is CCC1CN(C(=O)Nc2ccc(C(C)NC)cc2)CCS1. The van der Waals surface area contributed by atoms with Gasteiger partial charge in [-0.05, 0) is 38.1 Å². The Morgan fingerprint density at radius 2 is 2.14 bits per heavy atom. The Kier molecular flexibility index (Phi) is 5.94. The summed E-state index contributed by atoms with van der Waals surface area (Å²) in [6.07, 6.45) is 1.12. The van der Waals surface area contributed by atoms with E-state index in [9.17, 15) is 4.79 Å². The van der Waals surface area contributed by atoms with Crippen molar-refractivity contribution in [3.05, 3.63) is 29.8 Å². The fourth-order valence-electron chi connectivity index (χ4n) is 2.38. The molecule has 1 aromatic rings. The van der Waals surface area contributed by atoms with Crippen LogP contribution in [0.2, 0.25) is 0 Å².